The number of nitrogens with two attached hydrogens (primary N) is 1. The molecule has 2 N–H and O–H groups in total. The Morgan fingerprint density at radius 3 is 2.29 bits per heavy atom. The molecule has 1 saturated carbocycles. The molecule has 2 unspecified atom stereocenters. The van der Waals surface area contributed by atoms with Crippen LogP contribution in [0.15, 0.2) is 24.3 Å². The van der Waals surface area contributed by atoms with Crippen LogP contribution in [-0.4, -0.2) is 12.1 Å². The van der Waals surface area contributed by atoms with Crippen molar-refractivity contribution in [3.05, 3.63) is 35.4 Å². The number of aryl methyl sites for hydroxylation is 1. The highest BCUT2D eigenvalue weighted by molar-refractivity contribution is 5.24. The maximum absolute atomic E-state index is 6.44. The van der Waals surface area contributed by atoms with Crippen LogP contribution in [0.2, 0.25) is 0 Å². The van der Waals surface area contributed by atoms with Crippen molar-refractivity contribution >= 4 is 0 Å². The molecule has 0 saturated heterocycles. The SMILES string of the molecule is CCC(N)C(OC1CCC(C)(C)CC1)c1ccc(C)cc1. The first-order chi connectivity index (χ1) is 9.91. The monoisotopic (exact) mass is 289 g/mol. The zero-order chi connectivity index (χ0) is 15.5. The fourth-order valence-corrected chi connectivity index (χ4v) is 3.11. The Bertz CT molecular complexity index is 427. The molecule has 0 radical (unpaired) electrons. The van der Waals surface area contributed by atoms with Crippen LogP contribution in [0, 0.1) is 12.3 Å². The van der Waals surface area contributed by atoms with Gasteiger partial charge in [-0.25, -0.2) is 0 Å². The number of hydrogen-bond acceptors (Lipinski definition) is 2. The molecule has 0 amide bonds. The average Bonchev–Trinajstić information content (AvgIpc) is 2.46. The van der Waals surface area contributed by atoms with Crippen molar-refractivity contribution in [2.75, 3.05) is 0 Å². The van der Waals surface area contributed by atoms with Gasteiger partial charge in [0.1, 0.15) is 0 Å². The third kappa shape index (κ3) is 4.55. The van der Waals surface area contributed by atoms with Gasteiger partial charge in [0.05, 0.1) is 12.2 Å². The summed E-state index contributed by atoms with van der Waals surface area (Å²) < 4.78 is 6.44. The van der Waals surface area contributed by atoms with Crippen molar-refractivity contribution < 1.29 is 4.74 Å². The predicted molar refractivity (Wildman–Crippen MR) is 89.3 cm³/mol. The largest absolute Gasteiger partial charge is 0.369 e. The summed E-state index contributed by atoms with van der Waals surface area (Å²) in [6, 6.07) is 8.71. The first-order valence-electron chi connectivity index (χ1n) is 8.39. The maximum atomic E-state index is 6.44. The van der Waals surface area contributed by atoms with Gasteiger partial charge in [0.15, 0.2) is 0 Å². The minimum atomic E-state index is 0.0295. The molecule has 118 valence electrons. The molecule has 2 atom stereocenters. The van der Waals surface area contributed by atoms with Gasteiger partial charge < -0.3 is 10.5 Å². The zero-order valence-corrected chi connectivity index (χ0v) is 14.1. The molecule has 0 bridgehead atoms. The number of rotatable bonds is 5. The van der Waals surface area contributed by atoms with Crippen molar-refractivity contribution in [3.8, 4) is 0 Å². The van der Waals surface area contributed by atoms with Crippen molar-refractivity contribution in [2.24, 2.45) is 11.1 Å². The Morgan fingerprint density at radius 1 is 1.19 bits per heavy atom. The molecule has 1 aliphatic carbocycles. The second-order valence-electron chi connectivity index (χ2n) is 7.40. The van der Waals surface area contributed by atoms with Gasteiger partial charge in [0.25, 0.3) is 0 Å². The fourth-order valence-electron chi connectivity index (χ4n) is 3.11. The normalized spacial score (nSPS) is 22.0. The van der Waals surface area contributed by atoms with Crippen molar-refractivity contribution in [2.45, 2.75) is 78.0 Å². The lowest BCUT2D eigenvalue weighted by Crippen LogP contribution is -2.35. The summed E-state index contributed by atoms with van der Waals surface area (Å²) in [7, 11) is 0. The van der Waals surface area contributed by atoms with Crippen LogP contribution in [0.5, 0.6) is 0 Å². The summed E-state index contributed by atoms with van der Waals surface area (Å²) in [5.74, 6) is 0. The summed E-state index contributed by atoms with van der Waals surface area (Å²) >= 11 is 0. The molecule has 0 heterocycles. The molecule has 1 aliphatic rings. The minimum Gasteiger partial charge on any atom is -0.369 e. The number of benzene rings is 1. The van der Waals surface area contributed by atoms with E-state index in [4.69, 9.17) is 10.5 Å². The molecular weight excluding hydrogens is 258 g/mol. The van der Waals surface area contributed by atoms with Gasteiger partial charge in [0, 0.05) is 6.04 Å². The third-order valence-electron chi connectivity index (χ3n) is 4.89. The topological polar surface area (TPSA) is 35.2 Å². The summed E-state index contributed by atoms with van der Waals surface area (Å²) in [4.78, 5) is 0. The van der Waals surface area contributed by atoms with E-state index >= 15 is 0 Å². The van der Waals surface area contributed by atoms with E-state index in [1.807, 2.05) is 0 Å². The average molecular weight is 289 g/mol. The van der Waals surface area contributed by atoms with Crippen molar-refractivity contribution in [1.29, 1.82) is 0 Å². The standard InChI is InChI=1S/C19H31NO/c1-5-17(20)18(15-8-6-14(2)7-9-15)21-16-10-12-19(3,4)13-11-16/h6-9,16-18H,5,10-13,20H2,1-4H3. The van der Waals surface area contributed by atoms with E-state index in [0.717, 1.165) is 19.3 Å². The molecule has 1 fully saturated rings. The Morgan fingerprint density at radius 2 is 1.76 bits per heavy atom. The van der Waals surface area contributed by atoms with Crippen LogP contribution in [0.3, 0.4) is 0 Å². The van der Waals surface area contributed by atoms with Gasteiger partial charge in [-0.3, -0.25) is 0 Å². The van der Waals surface area contributed by atoms with Gasteiger partial charge in [0.2, 0.25) is 0 Å². The molecule has 21 heavy (non-hydrogen) atoms. The van der Waals surface area contributed by atoms with Gasteiger partial charge in [-0.1, -0.05) is 50.6 Å². The predicted octanol–water partition coefficient (Wildman–Crippen LogP) is 4.76. The molecule has 2 nitrogen and oxygen atoms in total. The molecule has 1 aromatic rings. The van der Waals surface area contributed by atoms with E-state index in [-0.39, 0.29) is 12.1 Å². The van der Waals surface area contributed by atoms with Crippen LogP contribution in [0.1, 0.15) is 70.1 Å². The second-order valence-corrected chi connectivity index (χ2v) is 7.40. The highest BCUT2D eigenvalue weighted by atomic mass is 16.5. The lowest BCUT2D eigenvalue weighted by atomic mass is 9.76. The smallest absolute Gasteiger partial charge is 0.0979 e. The summed E-state index contributed by atoms with van der Waals surface area (Å²) in [6.45, 7) is 8.97. The first-order valence-corrected chi connectivity index (χ1v) is 8.39. The van der Waals surface area contributed by atoms with E-state index in [1.54, 1.807) is 0 Å². The van der Waals surface area contributed by atoms with Crippen molar-refractivity contribution in [3.63, 3.8) is 0 Å². The molecular formula is C19H31NO. The molecule has 0 aromatic heterocycles. The van der Waals surface area contributed by atoms with Crippen LogP contribution in [0.4, 0.5) is 0 Å². The molecule has 2 heteroatoms. The van der Waals surface area contributed by atoms with E-state index in [9.17, 15) is 0 Å². The first kappa shape index (κ1) is 16.5. The third-order valence-corrected chi connectivity index (χ3v) is 4.89. The lowest BCUT2D eigenvalue weighted by molar-refractivity contribution is -0.0575. The highest BCUT2D eigenvalue weighted by Crippen LogP contribution is 2.38. The van der Waals surface area contributed by atoms with Crippen LogP contribution in [-0.2, 0) is 4.74 Å². The Hall–Kier alpha value is -0.860. The number of ether oxygens (including phenoxy) is 1. The van der Waals surface area contributed by atoms with Crippen molar-refractivity contribution in [1.82, 2.24) is 0 Å². The van der Waals surface area contributed by atoms with E-state index < -0.39 is 0 Å². The Balaban J connectivity index is 2.05. The van der Waals surface area contributed by atoms with Gasteiger partial charge in [-0.2, -0.15) is 0 Å². The Kier molecular flexibility index (Phi) is 5.45. The van der Waals surface area contributed by atoms with Gasteiger partial charge in [-0.15, -0.1) is 0 Å². The Labute approximate surface area is 130 Å². The summed E-state index contributed by atoms with van der Waals surface area (Å²) in [6.07, 6.45) is 6.15. The molecule has 2 rings (SSSR count). The zero-order valence-electron chi connectivity index (χ0n) is 14.1. The van der Waals surface area contributed by atoms with E-state index in [1.165, 1.54) is 24.0 Å². The lowest BCUT2D eigenvalue weighted by Gasteiger charge is -2.37. The number of hydrogen-bond donors (Lipinski definition) is 1. The maximum Gasteiger partial charge on any atom is 0.0979 e. The van der Waals surface area contributed by atoms with E-state index in [2.05, 4.69) is 52.0 Å². The highest BCUT2D eigenvalue weighted by Gasteiger charge is 2.30. The quantitative estimate of drug-likeness (QED) is 0.848. The molecule has 0 aliphatic heterocycles. The minimum absolute atomic E-state index is 0.0295. The van der Waals surface area contributed by atoms with Crippen LogP contribution < -0.4 is 5.73 Å². The second kappa shape index (κ2) is 6.93. The molecule has 1 aromatic carbocycles. The summed E-state index contributed by atoms with van der Waals surface area (Å²) in [5.41, 5.74) is 9.31. The summed E-state index contributed by atoms with van der Waals surface area (Å²) in [5, 5.41) is 0. The van der Waals surface area contributed by atoms with Gasteiger partial charge >= 0.3 is 0 Å². The van der Waals surface area contributed by atoms with Crippen LogP contribution in [0.25, 0.3) is 0 Å². The molecule has 0 spiro atoms. The van der Waals surface area contributed by atoms with E-state index in [0.29, 0.717) is 11.5 Å². The fraction of sp³-hybridized carbons (Fsp3) is 0.684. The van der Waals surface area contributed by atoms with Gasteiger partial charge in [-0.05, 0) is 50.0 Å². The van der Waals surface area contributed by atoms with Crippen LogP contribution >= 0.6 is 0 Å².